The lowest BCUT2D eigenvalue weighted by Gasteiger charge is -2.29. The SMILES string of the molecule is CS[C@H]1C[C@@H](C)[N@@+](C(=O)O)(C(=O)CNS(=O)(=O)c2ccc3ccccc3c2)C1. The third-order valence-electron chi connectivity index (χ3n) is 5.41. The van der Waals surface area contributed by atoms with Gasteiger partial charge in [-0.05, 0) is 36.1 Å². The van der Waals surface area contributed by atoms with Crippen LogP contribution in [-0.4, -0.2) is 60.6 Å². The molecule has 3 atom stereocenters. The van der Waals surface area contributed by atoms with Crippen molar-refractivity contribution >= 4 is 44.6 Å². The summed E-state index contributed by atoms with van der Waals surface area (Å²) >= 11 is 1.53. The lowest BCUT2D eigenvalue weighted by Crippen LogP contribution is -2.61. The van der Waals surface area contributed by atoms with E-state index < -0.39 is 39.1 Å². The molecular formula is C19H23N2O5S2+. The third kappa shape index (κ3) is 3.67. The van der Waals surface area contributed by atoms with Crippen LogP contribution in [0, 0.1) is 0 Å². The Kier molecular flexibility index (Phi) is 5.81. The smallest absolute Gasteiger partial charge is 0.435 e. The van der Waals surface area contributed by atoms with Crippen LogP contribution in [0.5, 0.6) is 0 Å². The van der Waals surface area contributed by atoms with E-state index in [-0.39, 0.29) is 16.7 Å². The van der Waals surface area contributed by atoms with E-state index in [0.29, 0.717) is 6.42 Å². The minimum Gasteiger partial charge on any atom is -0.435 e. The molecule has 3 rings (SSSR count). The molecule has 1 aliphatic rings. The fraction of sp³-hybridized carbons (Fsp3) is 0.368. The second-order valence-corrected chi connectivity index (χ2v) is 9.91. The molecular weight excluding hydrogens is 400 g/mol. The van der Waals surface area contributed by atoms with Crippen molar-refractivity contribution in [2.75, 3.05) is 19.3 Å². The number of imide groups is 1. The number of nitrogens with zero attached hydrogens (tertiary/aromatic N) is 1. The first-order valence-corrected chi connectivity index (χ1v) is 11.6. The Hall–Kier alpha value is -1.94. The first-order valence-electron chi connectivity index (χ1n) is 8.86. The van der Waals surface area contributed by atoms with Crippen molar-refractivity contribution in [3.05, 3.63) is 42.5 Å². The highest BCUT2D eigenvalue weighted by Crippen LogP contribution is 2.33. The van der Waals surface area contributed by atoms with Crippen LogP contribution >= 0.6 is 11.8 Å². The summed E-state index contributed by atoms with van der Waals surface area (Å²) in [4.78, 5) is 24.8. The number of sulfonamides is 1. The Morgan fingerprint density at radius 3 is 2.50 bits per heavy atom. The minimum absolute atomic E-state index is 0.0392. The maximum Gasteiger partial charge on any atom is 0.521 e. The van der Waals surface area contributed by atoms with Gasteiger partial charge < -0.3 is 5.11 Å². The first-order chi connectivity index (χ1) is 13.2. The van der Waals surface area contributed by atoms with Crippen LogP contribution in [0.15, 0.2) is 47.4 Å². The van der Waals surface area contributed by atoms with Crippen molar-refractivity contribution in [3.63, 3.8) is 0 Å². The molecule has 2 N–H and O–H groups in total. The molecule has 9 heteroatoms. The number of carbonyl (C=O) groups is 2. The van der Waals surface area contributed by atoms with Crippen LogP contribution in [0.25, 0.3) is 10.8 Å². The molecule has 0 aliphatic carbocycles. The van der Waals surface area contributed by atoms with E-state index in [9.17, 15) is 23.1 Å². The highest BCUT2D eigenvalue weighted by atomic mass is 32.2. The summed E-state index contributed by atoms with van der Waals surface area (Å²) in [6, 6.07) is 11.6. The van der Waals surface area contributed by atoms with Gasteiger partial charge in [0.2, 0.25) is 10.0 Å². The van der Waals surface area contributed by atoms with Gasteiger partial charge in [0.15, 0.2) is 0 Å². The zero-order valence-corrected chi connectivity index (χ0v) is 17.3. The lowest BCUT2D eigenvalue weighted by molar-refractivity contribution is -0.791. The number of rotatable bonds is 5. The number of amides is 2. The van der Waals surface area contributed by atoms with E-state index in [2.05, 4.69) is 4.72 Å². The summed E-state index contributed by atoms with van der Waals surface area (Å²) in [6.07, 6.45) is 1.24. The Morgan fingerprint density at radius 1 is 1.21 bits per heavy atom. The molecule has 1 fully saturated rings. The average molecular weight is 424 g/mol. The first kappa shape index (κ1) is 20.8. The average Bonchev–Trinajstić information content (AvgIpc) is 3.03. The van der Waals surface area contributed by atoms with Gasteiger partial charge in [-0.2, -0.15) is 25.8 Å². The van der Waals surface area contributed by atoms with Crippen molar-refractivity contribution in [1.82, 2.24) is 4.72 Å². The fourth-order valence-electron chi connectivity index (χ4n) is 3.74. The van der Waals surface area contributed by atoms with Gasteiger partial charge >= 0.3 is 12.0 Å². The number of thioether (sulfide) groups is 1. The molecule has 2 amide bonds. The van der Waals surface area contributed by atoms with Crippen molar-refractivity contribution in [2.45, 2.75) is 29.5 Å². The van der Waals surface area contributed by atoms with Gasteiger partial charge in [-0.15, -0.1) is 0 Å². The Bertz CT molecular complexity index is 1020. The summed E-state index contributed by atoms with van der Waals surface area (Å²) in [5.74, 6) is -0.652. The predicted octanol–water partition coefficient (Wildman–Crippen LogP) is 2.66. The Morgan fingerprint density at radius 2 is 1.89 bits per heavy atom. The van der Waals surface area contributed by atoms with E-state index in [1.54, 1.807) is 19.1 Å². The number of carboxylic acid groups (broad SMARTS) is 1. The van der Waals surface area contributed by atoms with Crippen LogP contribution in [0.3, 0.4) is 0 Å². The number of benzene rings is 2. The van der Waals surface area contributed by atoms with Gasteiger partial charge in [-0.1, -0.05) is 30.3 Å². The number of likely N-dealkylation sites (tertiary alicyclic amines) is 1. The second-order valence-electron chi connectivity index (χ2n) is 7.00. The van der Waals surface area contributed by atoms with Crippen LogP contribution < -0.4 is 4.72 Å². The molecule has 28 heavy (non-hydrogen) atoms. The number of quaternary nitrogens is 1. The molecule has 7 nitrogen and oxygen atoms in total. The molecule has 1 aliphatic heterocycles. The number of fused-ring (bicyclic) bond motifs is 1. The van der Waals surface area contributed by atoms with Gasteiger partial charge in [0.25, 0.3) is 0 Å². The van der Waals surface area contributed by atoms with Crippen LogP contribution in [0.2, 0.25) is 0 Å². The summed E-state index contributed by atoms with van der Waals surface area (Å²) in [7, 11) is -3.94. The van der Waals surface area contributed by atoms with E-state index in [4.69, 9.17) is 0 Å². The molecule has 0 spiro atoms. The quantitative estimate of drug-likeness (QED) is 0.717. The molecule has 0 bridgehead atoms. The zero-order valence-electron chi connectivity index (χ0n) is 15.7. The number of nitrogens with one attached hydrogen (secondary N) is 1. The molecule has 0 saturated carbocycles. The summed E-state index contributed by atoms with van der Waals surface area (Å²) < 4.78 is 26.8. The van der Waals surface area contributed by atoms with Crippen molar-refractivity contribution < 1.29 is 27.6 Å². The molecule has 0 radical (unpaired) electrons. The molecule has 150 valence electrons. The molecule has 2 aromatic carbocycles. The van der Waals surface area contributed by atoms with Gasteiger partial charge in [0.05, 0.1) is 10.1 Å². The van der Waals surface area contributed by atoms with Crippen molar-refractivity contribution in [1.29, 1.82) is 0 Å². The maximum absolute atomic E-state index is 12.8. The summed E-state index contributed by atoms with van der Waals surface area (Å²) in [6.45, 7) is 1.32. The highest BCUT2D eigenvalue weighted by Gasteiger charge is 2.56. The number of carbonyl (C=O) groups excluding carboxylic acids is 1. The zero-order chi connectivity index (χ0) is 20.5. The molecule has 2 aromatic rings. The summed E-state index contributed by atoms with van der Waals surface area (Å²) in [5, 5.41) is 11.5. The maximum atomic E-state index is 12.8. The number of hydrogen-bond acceptors (Lipinski definition) is 5. The van der Waals surface area contributed by atoms with E-state index in [1.807, 2.05) is 24.5 Å². The largest absolute Gasteiger partial charge is 0.521 e. The Balaban J connectivity index is 1.81. The molecule has 1 heterocycles. The van der Waals surface area contributed by atoms with Gasteiger partial charge in [-0.25, -0.2) is 13.2 Å². The standard InChI is InChI=1S/C19H22N2O5S2/c1-13-9-16(27-2)12-21(13,19(23)24)18(22)11-20-28(25,26)17-8-7-14-5-3-4-6-15(14)10-17/h3-8,10,13,16,20H,9,11-12H2,1-2H3/p+1/t13-,16+,21-/m1/s1. The van der Waals surface area contributed by atoms with Gasteiger partial charge in [0.1, 0.15) is 19.1 Å². The monoisotopic (exact) mass is 423 g/mol. The number of hydrogen-bond donors (Lipinski definition) is 2. The van der Waals surface area contributed by atoms with Gasteiger partial charge in [0, 0.05) is 6.42 Å². The molecule has 1 saturated heterocycles. The normalized spacial score (nSPS) is 25.1. The van der Waals surface area contributed by atoms with E-state index in [1.165, 1.54) is 23.9 Å². The summed E-state index contributed by atoms with van der Waals surface area (Å²) in [5.41, 5.74) is 0. The van der Waals surface area contributed by atoms with Crippen LogP contribution in [0.1, 0.15) is 13.3 Å². The van der Waals surface area contributed by atoms with E-state index >= 15 is 0 Å². The topological polar surface area (TPSA) is 101 Å². The van der Waals surface area contributed by atoms with Gasteiger partial charge in [-0.3, -0.25) is 0 Å². The fourth-order valence-corrected chi connectivity index (χ4v) is 5.61. The van der Waals surface area contributed by atoms with E-state index in [0.717, 1.165) is 10.8 Å². The predicted molar refractivity (Wildman–Crippen MR) is 109 cm³/mol. The molecule has 0 aromatic heterocycles. The lowest BCUT2D eigenvalue weighted by atomic mass is 10.1. The Labute approximate surface area is 168 Å². The second kappa shape index (κ2) is 7.82. The highest BCUT2D eigenvalue weighted by molar-refractivity contribution is 7.99. The molecule has 0 unspecified atom stereocenters. The third-order valence-corrected chi connectivity index (χ3v) is 7.82. The van der Waals surface area contributed by atoms with Crippen LogP contribution in [0.4, 0.5) is 4.79 Å². The van der Waals surface area contributed by atoms with Crippen LogP contribution in [-0.2, 0) is 14.8 Å². The van der Waals surface area contributed by atoms with Crippen molar-refractivity contribution in [3.8, 4) is 0 Å². The minimum atomic E-state index is -3.94. The van der Waals surface area contributed by atoms with Crippen molar-refractivity contribution in [2.24, 2.45) is 0 Å².